The molecule has 4 unspecified atom stereocenters. The molecular weight excluding hydrogens is 422 g/mol. The Morgan fingerprint density at radius 1 is 1.35 bits per heavy atom. The fraction of sp³-hybridized carbons (Fsp3) is 0.500. The maximum atomic E-state index is 12.1. The second-order valence-corrected chi connectivity index (χ2v) is 10.4. The van der Waals surface area contributed by atoms with Crippen LogP contribution < -0.4 is 11.1 Å². The van der Waals surface area contributed by atoms with Gasteiger partial charge in [0.1, 0.15) is 0 Å². The van der Waals surface area contributed by atoms with Gasteiger partial charge in [0, 0.05) is 30.9 Å². The van der Waals surface area contributed by atoms with Gasteiger partial charge >= 0.3 is 0 Å². The van der Waals surface area contributed by atoms with E-state index in [-0.39, 0.29) is 23.8 Å². The predicted molar refractivity (Wildman–Crippen MR) is 111 cm³/mol. The second kappa shape index (κ2) is 6.99. The molecule has 4 atom stereocenters. The molecule has 164 valence electrons. The van der Waals surface area contributed by atoms with Crippen molar-refractivity contribution in [1.29, 1.82) is 0 Å². The number of hydrogen-bond acceptors (Lipinski definition) is 8. The van der Waals surface area contributed by atoms with E-state index in [1.807, 2.05) is 6.07 Å². The van der Waals surface area contributed by atoms with Gasteiger partial charge in [-0.25, -0.2) is 17.2 Å². The van der Waals surface area contributed by atoms with Gasteiger partial charge in [0.15, 0.2) is 0 Å². The first-order valence-electron chi connectivity index (χ1n) is 9.99. The number of rotatable bonds is 5. The monoisotopic (exact) mass is 445 g/mol. The van der Waals surface area contributed by atoms with Gasteiger partial charge in [-0.05, 0) is 35.5 Å². The summed E-state index contributed by atoms with van der Waals surface area (Å²) >= 11 is 0. The first-order chi connectivity index (χ1) is 14.7. The number of carbonyl (C=O) groups is 1. The average molecular weight is 446 g/mol. The lowest BCUT2D eigenvalue weighted by atomic mass is 9.93. The summed E-state index contributed by atoms with van der Waals surface area (Å²) in [5.41, 5.74) is 7.92. The van der Waals surface area contributed by atoms with Crippen LogP contribution in [0.25, 0.3) is 16.9 Å². The summed E-state index contributed by atoms with van der Waals surface area (Å²) in [6.45, 7) is 3.19. The van der Waals surface area contributed by atoms with Crippen LogP contribution in [0.3, 0.4) is 0 Å². The summed E-state index contributed by atoms with van der Waals surface area (Å²) in [6, 6.07) is 1.91. The van der Waals surface area contributed by atoms with Gasteiger partial charge in [-0.3, -0.25) is 4.79 Å². The van der Waals surface area contributed by atoms with Crippen LogP contribution in [0.15, 0.2) is 18.5 Å². The molecule has 2 aliphatic rings. The van der Waals surface area contributed by atoms with Crippen LogP contribution in [0.2, 0.25) is 0 Å². The first kappa shape index (κ1) is 19.9. The number of carbonyl (C=O) groups excluding carboxylic acids is 1. The molecule has 3 aromatic heterocycles. The molecule has 1 saturated heterocycles. The number of H-pyrrole nitrogens is 1. The number of sulfonamides is 1. The lowest BCUT2D eigenvalue weighted by Gasteiger charge is -2.25. The van der Waals surface area contributed by atoms with Crippen LogP contribution in [-0.4, -0.2) is 74.3 Å². The largest absolute Gasteiger partial charge is 0.380 e. The minimum atomic E-state index is -3.19. The zero-order valence-electron chi connectivity index (χ0n) is 17.1. The minimum Gasteiger partial charge on any atom is -0.380 e. The van der Waals surface area contributed by atoms with Crippen LogP contribution in [-0.2, 0) is 10.0 Å². The maximum Gasteiger partial charge on any atom is 0.252 e. The number of nitrogens with zero attached hydrogens (tertiary/aromatic N) is 6. The smallest absolute Gasteiger partial charge is 0.252 e. The highest BCUT2D eigenvalue weighted by molar-refractivity contribution is 7.88. The van der Waals surface area contributed by atoms with Crippen molar-refractivity contribution < 1.29 is 13.2 Å². The maximum absolute atomic E-state index is 12.1. The van der Waals surface area contributed by atoms with E-state index >= 15 is 0 Å². The van der Waals surface area contributed by atoms with E-state index in [2.05, 4.69) is 38.0 Å². The predicted octanol–water partition coefficient (Wildman–Crippen LogP) is -0.0588. The third kappa shape index (κ3) is 3.33. The van der Waals surface area contributed by atoms with Gasteiger partial charge in [0.25, 0.3) is 5.91 Å². The third-order valence-corrected chi connectivity index (χ3v) is 7.87. The average Bonchev–Trinajstić information content (AvgIpc) is 3.46. The van der Waals surface area contributed by atoms with Crippen molar-refractivity contribution in [3.63, 3.8) is 0 Å². The van der Waals surface area contributed by atoms with Crippen molar-refractivity contribution in [3.8, 4) is 11.4 Å². The summed E-state index contributed by atoms with van der Waals surface area (Å²) in [7, 11) is -3.19. The van der Waals surface area contributed by atoms with Gasteiger partial charge in [-0.2, -0.15) is 10.3 Å². The molecule has 3 aromatic rings. The lowest BCUT2D eigenvalue weighted by molar-refractivity contribution is 0.100. The Hall–Kier alpha value is -3.06. The van der Waals surface area contributed by atoms with Gasteiger partial charge in [-0.15, -0.1) is 10.2 Å². The van der Waals surface area contributed by atoms with Gasteiger partial charge in [0.2, 0.25) is 15.8 Å². The van der Waals surface area contributed by atoms with Crippen molar-refractivity contribution in [1.82, 2.24) is 34.5 Å². The van der Waals surface area contributed by atoms with Crippen LogP contribution in [0.1, 0.15) is 23.7 Å². The van der Waals surface area contributed by atoms with Crippen molar-refractivity contribution >= 4 is 27.1 Å². The van der Waals surface area contributed by atoms with Crippen molar-refractivity contribution in [2.75, 3.05) is 24.7 Å². The summed E-state index contributed by atoms with van der Waals surface area (Å²) in [5, 5.41) is 21.8. The number of primary amides is 1. The number of hydrogen-bond donors (Lipinski definition) is 3. The fourth-order valence-corrected chi connectivity index (χ4v) is 5.89. The van der Waals surface area contributed by atoms with Gasteiger partial charge in [0.05, 0.1) is 29.2 Å². The topological polar surface area (TPSA) is 164 Å². The molecule has 13 heteroatoms. The normalized spacial score (nSPS) is 26.4. The van der Waals surface area contributed by atoms with Gasteiger partial charge in [-0.1, -0.05) is 6.92 Å². The zero-order chi connectivity index (χ0) is 21.9. The third-order valence-electron chi connectivity index (χ3n) is 6.63. The summed E-state index contributed by atoms with van der Waals surface area (Å²) in [4.78, 5) is 12.1. The van der Waals surface area contributed by atoms with E-state index in [9.17, 15) is 13.2 Å². The molecule has 31 heavy (non-hydrogen) atoms. The molecule has 5 rings (SSSR count). The quantitative estimate of drug-likeness (QED) is 0.491. The highest BCUT2D eigenvalue weighted by Gasteiger charge is 2.48. The molecule has 1 aliphatic heterocycles. The number of nitrogens with two attached hydrogens (primary N) is 1. The summed E-state index contributed by atoms with van der Waals surface area (Å²) in [6.07, 6.45) is 5.27. The van der Waals surface area contributed by atoms with E-state index in [4.69, 9.17) is 5.73 Å². The summed E-state index contributed by atoms with van der Waals surface area (Å²) in [5.74, 6) is 0.607. The minimum absolute atomic E-state index is 0.0736. The number of fused-ring (bicyclic) bond motifs is 2. The molecular formula is C18H23N9O3S. The van der Waals surface area contributed by atoms with Crippen LogP contribution in [0, 0.1) is 17.8 Å². The van der Waals surface area contributed by atoms with E-state index < -0.39 is 15.9 Å². The van der Waals surface area contributed by atoms with Crippen molar-refractivity contribution in [2.24, 2.45) is 23.5 Å². The molecule has 2 fully saturated rings. The highest BCUT2D eigenvalue weighted by Crippen LogP contribution is 2.44. The Labute approximate surface area is 178 Å². The SMILES string of the molecule is CC1C(Nc2c(C(N)=O)cnn3cc(-c4nn[nH]n4)cc23)CC2CN(S(C)(=O)=O)CC21. The Morgan fingerprint density at radius 3 is 2.81 bits per heavy atom. The fourth-order valence-electron chi connectivity index (χ4n) is 4.99. The van der Waals surface area contributed by atoms with Crippen LogP contribution in [0.4, 0.5) is 5.69 Å². The number of anilines is 1. The molecule has 0 bridgehead atoms. The molecule has 4 heterocycles. The molecule has 0 radical (unpaired) electrons. The van der Waals surface area contributed by atoms with E-state index in [0.29, 0.717) is 41.2 Å². The molecule has 1 amide bonds. The summed E-state index contributed by atoms with van der Waals surface area (Å²) < 4.78 is 27.1. The Bertz CT molecular complexity index is 1250. The van der Waals surface area contributed by atoms with Crippen molar-refractivity contribution in [2.45, 2.75) is 19.4 Å². The molecule has 1 aliphatic carbocycles. The molecule has 12 nitrogen and oxygen atoms in total. The van der Waals surface area contributed by atoms with Crippen LogP contribution >= 0.6 is 0 Å². The standard InChI is InChI=1S/C18H23N9O3S/c1-9-13-8-26(31(2,29)30)6-10(13)3-14(9)21-16-12(17(19)28)5-20-27-7-11(4-15(16)27)18-22-24-25-23-18/h4-5,7,9-10,13-14,21H,3,6,8H2,1-2H3,(H2,19,28)(H,22,23,24,25). The highest BCUT2D eigenvalue weighted by atomic mass is 32.2. The molecule has 4 N–H and O–H groups in total. The van der Waals surface area contributed by atoms with Gasteiger partial charge < -0.3 is 11.1 Å². The zero-order valence-corrected chi connectivity index (χ0v) is 17.9. The second-order valence-electron chi connectivity index (χ2n) is 8.44. The number of amides is 1. The van der Waals surface area contributed by atoms with Crippen molar-refractivity contribution in [3.05, 3.63) is 24.0 Å². The van der Waals surface area contributed by atoms with E-state index in [0.717, 1.165) is 6.42 Å². The number of tetrazole rings is 1. The lowest BCUT2D eigenvalue weighted by Crippen LogP contribution is -2.33. The van der Waals surface area contributed by atoms with E-state index in [1.165, 1.54) is 12.5 Å². The van der Waals surface area contributed by atoms with Crippen LogP contribution in [0.5, 0.6) is 0 Å². The Morgan fingerprint density at radius 2 is 2.16 bits per heavy atom. The Kier molecular flexibility index (Phi) is 4.48. The number of aromatic nitrogens is 6. The van der Waals surface area contributed by atoms with E-state index in [1.54, 1.807) is 15.0 Å². The molecule has 0 aromatic carbocycles. The first-order valence-corrected chi connectivity index (χ1v) is 11.8. The molecule has 0 spiro atoms. The number of aromatic amines is 1. The molecule has 1 saturated carbocycles. The Balaban J connectivity index is 1.48. The number of nitrogens with one attached hydrogen (secondary N) is 2.